The molecule has 2 rings (SSSR count). The molecule has 0 amide bonds. The van der Waals surface area contributed by atoms with Gasteiger partial charge in [-0.15, -0.1) is 0 Å². The number of rotatable bonds is 6. The van der Waals surface area contributed by atoms with Crippen LogP contribution in [0.1, 0.15) is 51.8 Å². The van der Waals surface area contributed by atoms with Gasteiger partial charge in [-0.3, -0.25) is 9.58 Å². The third-order valence-electron chi connectivity index (χ3n) is 4.44. The zero-order valence-corrected chi connectivity index (χ0v) is 13.9. The lowest BCUT2D eigenvalue weighted by molar-refractivity contribution is 0.103. The molecule has 0 radical (unpaired) electrons. The molecule has 114 valence electrons. The summed E-state index contributed by atoms with van der Waals surface area (Å²) >= 11 is 6.39. The van der Waals surface area contributed by atoms with Crippen molar-refractivity contribution in [3.05, 3.63) is 16.9 Å². The van der Waals surface area contributed by atoms with Gasteiger partial charge in [0.15, 0.2) is 0 Å². The number of hydrogen-bond donors (Lipinski definition) is 1. The molecule has 1 unspecified atom stereocenters. The van der Waals surface area contributed by atoms with Crippen LogP contribution in [0.3, 0.4) is 0 Å². The van der Waals surface area contributed by atoms with Gasteiger partial charge in [-0.1, -0.05) is 18.5 Å². The van der Waals surface area contributed by atoms with Crippen molar-refractivity contribution < 1.29 is 0 Å². The molecule has 20 heavy (non-hydrogen) atoms. The summed E-state index contributed by atoms with van der Waals surface area (Å²) in [5.41, 5.74) is 1.13. The van der Waals surface area contributed by atoms with Crippen molar-refractivity contribution in [2.24, 2.45) is 7.05 Å². The number of hydrogen-bond acceptors (Lipinski definition) is 3. The maximum atomic E-state index is 6.39. The molecule has 4 nitrogen and oxygen atoms in total. The minimum Gasteiger partial charge on any atom is -0.307 e. The molecule has 0 saturated carbocycles. The molecule has 1 fully saturated rings. The molecule has 2 heterocycles. The summed E-state index contributed by atoms with van der Waals surface area (Å²) in [5.74, 6) is 0. The first-order valence-corrected chi connectivity index (χ1v) is 8.02. The lowest BCUT2D eigenvalue weighted by atomic mass is 9.89. The largest absolute Gasteiger partial charge is 0.307 e. The van der Waals surface area contributed by atoms with Crippen LogP contribution in [-0.2, 0) is 7.05 Å². The monoisotopic (exact) mass is 298 g/mol. The van der Waals surface area contributed by atoms with Crippen molar-refractivity contribution in [3.63, 3.8) is 0 Å². The van der Waals surface area contributed by atoms with Crippen molar-refractivity contribution in [3.8, 4) is 0 Å². The Morgan fingerprint density at radius 2 is 2.05 bits per heavy atom. The van der Waals surface area contributed by atoms with E-state index in [1.165, 1.54) is 25.9 Å². The van der Waals surface area contributed by atoms with E-state index < -0.39 is 0 Å². The second-order valence-corrected chi connectivity index (χ2v) is 6.64. The van der Waals surface area contributed by atoms with Gasteiger partial charge in [0.1, 0.15) is 0 Å². The molecule has 0 aromatic carbocycles. The van der Waals surface area contributed by atoms with E-state index in [0.717, 1.165) is 23.7 Å². The molecule has 1 aliphatic rings. The summed E-state index contributed by atoms with van der Waals surface area (Å²) in [7, 11) is 1.97. The molecular weight excluding hydrogens is 272 g/mol. The van der Waals surface area contributed by atoms with Gasteiger partial charge in [-0.2, -0.15) is 5.10 Å². The second kappa shape index (κ2) is 6.46. The van der Waals surface area contributed by atoms with E-state index in [9.17, 15) is 0 Å². The standard InChI is InChI=1S/C15H27ClN4/c1-5-8-17-14(13-12(16)11-18-19(13)4)15(2,3)20-9-6-7-10-20/h11,14,17H,5-10H2,1-4H3. The first kappa shape index (κ1) is 15.8. The summed E-state index contributed by atoms with van der Waals surface area (Å²) in [6.45, 7) is 10.2. The zero-order chi connectivity index (χ0) is 14.8. The zero-order valence-electron chi connectivity index (χ0n) is 13.1. The van der Waals surface area contributed by atoms with E-state index in [1.807, 2.05) is 11.7 Å². The fraction of sp³-hybridized carbons (Fsp3) is 0.800. The Bertz CT molecular complexity index is 416. The fourth-order valence-electron chi connectivity index (χ4n) is 3.19. The predicted molar refractivity (Wildman–Crippen MR) is 84.1 cm³/mol. The van der Waals surface area contributed by atoms with E-state index >= 15 is 0 Å². The highest BCUT2D eigenvalue weighted by molar-refractivity contribution is 6.31. The van der Waals surface area contributed by atoms with Gasteiger partial charge in [0.25, 0.3) is 0 Å². The molecule has 1 aromatic rings. The van der Waals surface area contributed by atoms with Crippen LogP contribution in [0.15, 0.2) is 6.20 Å². The normalized spacial score (nSPS) is 18.6. The summed E-state index contributed by atoms with van der Waals surface area (Å²) < 4.78 is 1.91. The van der Waals surface area contributed by atoms with E-state index in [-0.39, 0.29) is 11.6 Å². The molecule has 1 saturated heterocycles. The van der Waals surface area contributed by atoms with Gasteiger partial charge in [0.05, 0.1) is 23.0 Å². The lowest BCUT2D eigenvalue weighted by Crippen LogP contribution is -2.52. The average Bonchev–Trinajstić information content (AvgIpc) is 3.03. The topological polar surface area (TPSA) is 33.1 Å². The number of halogens is 1. The Balaban J connectivity index is 2.31. The Morgan fingerprint density at radius 1 is 1.40 bits per heavy atom. The minimum absolute atomic E-state index is 0.0309. The van der Waals surface area contributed by atoms with Gasteiger partial charge < -0.3 is 5.32 Å². The van der Waals surface area contributed by atoms with E-state index in [0.29, 0.717) is 0 Å². The summed E-state index contributed by atoms with van der Waals surface area (Å²) in [4.78, 5) is 2.57. The third kappa shape index (κ3) is 3.02. The van der Waals surface area contributed by atoms with Crippen LogP contribution in [0.5, 0.6) is 0 Å². The van der Waals surface area contributed by atoms with E-state index in [4.69, 9.17) is 11.6 Å². The van der Waals surface area contributed by atoms with E-state index in [1.54, 1.807) is 6.20 Å². The highest BCUT2D eigenvalue weighted by Gasteiger charge is 2.39. The summed E-state index contributed by atoms with van der Waals surface area (Å²) in [5, 5.41) is 8.75. The molecule has 0 bridgehead atoms. The quantitative estimate of drug-likeness (QED) is 0.876. The SMILES string of the molecule is CCCNC(c1c(Cl)cnn1C)C(C)(C)N1CCCC1. The second-order valence-electron chi connectivity index (χ2n) is 6.24. The predicted octanol–water partition coefficient (Wildman–Crippen LogP) is 2.99. The minimum atomic E-state index is 0.0309. The van der Waals surface area contributed by atoms with Gasteiger partial charge in [-0.05, 0) is 52.7 Å². The first-order chi connectivity index (χ1) is 9.48. The van der Waals surface area contributed by atoms with Gasteiger partial charge in [-0.25, -0.2) is 0 Å². The van der Waals surface area contributed by atoms with Gasteiger partial charge in [0, 0.05) is 12.6 Å². The molecule has 0 aliphatic carbocycles. The van der Waals surface area contributed by atoms with Crippen LogP contribution >= 0.6 is 11.6 Å². The van der Waals surface area contributed by atoms with Crippen molar-refractivity contribution in [2.75, 3.05) is 19.6 Å². The molecule has 0 spiro atoms. The Kier molecular flexibility index (Phi) is 5.10. The van der Waals surface area contributed by atoms with Crippen LogP contribution in [0.2, 0.25) is 5.02 Å². The van der Waals surface area contributed by atoms with Crippen LogP contribution in [0, 0.1) is 0 Å². The average molecular weight is 299 g/mol. The summed E-state index contributed by atoms with van der Waals surface area (Å²) in [6.07, 6.45) is 5.45. The molecule has 1 aromatic heterocycles. The molecule has 1 aliphatic heterocycles. The van der Waals surface area contributed by atoms with Crippen LogP contribution in [0.25, 0.3) is 0 Å². The third-order valence-corrected chi connectivity index (χ3v) is 4.73. The number of likely N-dealkylation sites (tertiary alicyclic amines) is 1. The first-order valence-electron chi connectivity index (χ1n) is 7.64. The number of aryl methyl sites for hydroxylation is 1. The summed E-state index contributed by atoms with van der Waals surface area (Å²) in [6, 6.07) is 0.195. The maximum Gasteiger partial charge on any atom is 0.0834 e. The molecule has 1 N–H and O–H groups in total. The van der Waals surface area contributed by atoms with Crippen LogP contribution in [0.4, 0.5) is 0 Å². The fourth-order valence-corrected chi connectivity index (χ4v) is 3.47. The Morgan fingerprint density at radius 3 is 2.55 bits per heavy atom. The van der Waals surface area contributed by atoms with Crippen molar-refractivity contribution in [1.82, 2.24) is 20.0 Å². The van der Waals surface area contributed by atoms with E-state index in [2.05, 4.69) is 36.1 Å². The van der Waals surface area contributed by atoms with Gasteiger partial charge in [0.2, 0.25) is 0 Å². The van der Waals surface area contributed by atoms with Crippen LogP contribution in [-0.4, -0.2) is 39.9 Å². The highest BCUT2D eigenvalue weighted by atomic mass is 35.5. The van der Waals surface area contributed by atoms with Gasteiger partial charge >= 0.3 is 0 Å². The molecule has 1 atom stereocenters. The lowest BCUT2D eigenvalue weighted by Gasteiger charge is -2.42. The smallest absolute Gasteiger partial charge is 0.0834 e. The van der Waals surface area contributed by atoms with Crippen LogP contribution < -0.4 is 5.32 Å². The van der Waals surface area contributed by atoms with Crippen molar-refractivity contribution >= 4 is 11.6 Å². The number of nitrogens with zero attached hydrogens (tertiary/aromatic N) is 3. The Hall–Kier alpha value is -0.580. The number of nitrogens with one attached hydrogen (secondary N) is 1. The number of aromatic nitrogens is 2. The Labute approximate surface area is 127 Å². The molecular formula is C15H27ClN4. The highest BCUT2D eigenvalue weighted by Crippen LogP contribution is 2.36. The van der Waals surface area contributed by atoms with Crippen molar-refractivity contribution in [2.45, 2.75) is 51.6 Å². The maximum absolute atomic E-state index is 6.39. The molecule has 5 heteroatoms. The van der Waals surface area contributed by atoms with Crippen molar-refractivity contribution in [1.29, 1.82) is 0 Å².